The van der Waals surface area contributed by atoms with Gasteiger partial charge in [0.1, 0.15) is 17.0 Å². The first kappa shape index (κ1) is 15.9. The highest BCUT2D eigenvalue weighted by Crippen LogP contribution is 2.24. The number of hydrogen-bond acceptors (Lipinski definition) is 3. The summed E-state index contributed by atoms with van der Waals surface area (Å²) in [6.07, 6.45) is 6.24. The molecule has 0 radical (unpaired) electrons. The summed E-state index contributed by atoms with van der Waals surface area (Å²) in [6, 6.07) is 7.29. The Morgan fingerprint density at radius 1 is 1.28 bits per heavy atom. The van der Waals surface area contributed by atoms with E-state index in [1.807, 2.05) is 6.07 Å². The fourth-order valence-electron chi connectivity index (χ4n) is 3.81. The smallest absolute Gasteiger partial charge is 0.268 e. The largest absolute Gasteiger partial charge is 0.348 e. The van der Waals surface area contributed by atoms with E-state index < -0.39 is 0 Å². The lowest BCUT2D eigenvalue weighted by Gasteiger charge is -2.29. The first-order valence-electron chi connectivity index (χ1n) is 8.84. The van der Waals surface area contributed by atoms with Crippen LogP contribution in [0.2, 0.25) is 0 Å². The van der Waals surface area contributed by atoms with Crippen LogP contribution in [0.3, 0.4) is 0 Å². The number of fused-ring (bicyclic) bond motifs is 2. The average Bonchev–Trinajstić information content (AvgIpc) is 2.95. The highest BCUT2D eigenvalue weighted by Gasteiger charge is 2.25. The van der Waals surface area contributed by atoms with Gasteiger partial charge in [0, 0.05) is 19.3 Å². The third-order valence-corrected chi connectivity index (χ3v) is 5.37. The zero-order valence-corrected chi connectivity index (χ0v) is 14.5. The molecule has 3 aromatic heterocycles. The molecule has 1 aliphatic rings. The molecule has 1 amide bonds. The van der Waals surface area contributed by atoms with E-state index >= 15 is 0 Å². The van der Waals surface area contributed by atoms with Crippen molar-refractivity contribution in [2.75, 3.05) is 0 Å². The molecule has 0 unspecified atom stereocenters. The third-order valence-electron chi connectivity index (χ3n) is 5.37. The molecular formula is C19H22N4O2. The average molecular weight is 338 g/mol. The SMILES string of the molecule is C[C@H]1CCCC[C@H]1NC(=O)c1cc2c(=O)n3ccccc3nc2n1C. The van der Waals surface area contributed by atoms with Crippen molar-refractivity contribution in [1.29, 1.82) is 0 Å². The number of carbonyl (C=O) groups excluding carboxylic acids is 1. The number of aryl methyl sites for hydroxylation is 1. The van der Waals surface area contributed by atoms with Gasteiger partial charge in [-0.1, -0.05) is 25.8 Å². The van der Waals surface area contributed by atoms with Crippen LogP contribution < -0.4 is 10.9 Å². The minimum absolute atomic E-state index is 0.132. The van der Waals surface area contributed by atoms with E-state index in [1.54, 1.807) is 36.0 Å². The minimum atomic E-state index is -0.152. The lowest BCUT2D eigenvalue weighted by Crippen LogP contribution is -2.41. The second kappa shape index (κ2) is 6.02. The molecular weight excluding hydrogens is 316 g/mol. The van der Waals surface area contributed by atoms with E-state index in [0.29, 0.717) is 28.3 Å². The molecule has 6 heteroatoms. The molecule has 4 rings (SSSR count). The van der Waals surface area contributed by atoms with Crippen molar-refractivity contribution in [2.45, 2.75) is 38.6 Å². The number of pyridine rings is 1. The fraction of sp³-hybridized carbons (Fsp3) is 0.421. The minimum Gasteiger partial charge on any atom is -0.348 e. The van der Waals surface area contributed by atoms with Crippen LogP contribution in [0.5, 0.6) is 0 Å². The molecule has 1 N–H and O–H groups in total. The number of nitrogens with zero attached hydrogens (tertiary/aromatic N) is 3. The van der Waals surface area contributed by atoms with Crippen LogP contribution >= 0.6 is 0 Å². The van der Waals surface area contributed by atoms with Gasteiger partial charge < -0.3 is 9.88 Å². The predicted molar refractivity (Wildman–Crippen MR) is 96.8 cm³/mol. The van der Waals surface area contributed by atoms with Gasteiger partial charge in [0.2, 0.25) is 0 Å². The number of hydrogen-bond donors (Lipinski definition) is 1. The topological polar surface area (TPSA) is 68.4 Å². The second-order valence-corrected chi connectivity index (χ2v) is 7.01. The Labute approximate surface area is 145 Å². The molecule has 0 spiro atoms. The zero-order valence-electron chi connectivity index (χ0n) is 14.5. The maximum atomic E-state index is 12.8. The fourth-order valence-corrected chi connectivity index (χ4v) is 3.81. The van der Waals surface area contributed by atoms with Crippen molar-refractivity contribution in [3.63, 3.8) is 0 Å². The monoisotopic (exact) mass is 338 g/mol. The Morgan fingerprint density at radius 2 is 2.08 bits per heavy atom. The van der Waals surface area contributed by atoms with Crippen molar-refractivity contribution in [2.24, 2.45) is 13.0 Å². The number of aromatic nitrogens is 3. The van der Waals surface area contributed by atoms with E-state index in [4.69, 9.17) is 0 Å². The summed E-state index contributed by atoms with van der Waals surface area (Å²) >= 11 is 0. The highest BCUT2D eigenvalue weighted by atomic mass is 16.2. The molecule has 1 saturated carbocycles. The molecule has 1 fully saturated rings. The lowest BCUT2D eigenvalue weighted by molar-refractivity contribution is 0.0902. The molecule has 3 aromatic rings. The van der Waals surface area contributed by atoms with Gasteiger partial charge in [-0.3, -0.25) is 14.0 Å². The molecule has 1 aliphatic carbocycles. The Hall–Kier alpha value is -2.63. The van der Waals surface area contributed by atoms with Crippen molar-refractivity contribution in [3.05, 3.63) is 46.5 Å². The Kier molecular flexibility index (Phi) is 3.82. The Balaban J connectivity index is 1.76. The van der Waals surface area contributed by atoms with Gasteiger partial charge in [0.05, 0.1) is 5.39 Å². The molecule has 0 saturated heterocycles. The van der Waals surface area contributed by atoms with Crippen LogP contribution in [-0.2, 0) is 7.05 Å². The van der Waals surface area contributed by atoms with E-state index in [1.165, 1.54) is 10.8 Å². The normalized spacial score (nSPS) is 20.9. The number of amides is 1. The summed E-state index contributed by atoms with van der Waals surface area (Å²) in [5.74, 6) is 0.353. The highest BCUT2D eigenvalue weighted by molar-refractivity contribution is 5.98. The molecule has 130 valence electrons. The number of carbonyl (C=O) groups is 1. The summed E-state index contributed by atoms with van der Waals surface area (Å²) in [5, 5.41) is 3.62. The van der Waals surface area contributed by atoms with E-state index in [9.17, 15) is 9.59 Å². The van der Waals surface area contributed by atoms with Gasteiger partial charge in [-0.15, -0.1) is 0 Å². The third kappa shape index (κ3) is 2.62. The second-order valence-electron chi connectivity index (χ2n) is 7.01. The Morgan fingerprint density at radius 3 is 2.88 bits per heavy atom. The van der Waals surface area contributed by atoms with Gasteiger partial charge in [-0.05, 0) is 37.0 Å². The summed E-state index contributed by atoms with van der Waals surface area (Å²) in [5.41, 5.74) is 1.45. The van der Waals surface area contributed by atoms with Gasteiger partial charge in [-0.2, -0.15) is 0 Å². The molecule has 25 heavy (non-hydrogen) atoms. The predicted octanol–water partition coefficient (Wildman–Crippen LogP) is 2.49. The van der Waals surface area contributed by atoms with Gasteiger partial charge in [0.25, 0.3) is 11.5 Å². The summed E-state index contributed by atoms with van der Waals surface area (Å²) in [7, 11) is 1.79. The molecule has 0 aliphatic heterocycles. The molecule has 6 nitrogen and oxygen atoms in total. The zero-order chi connectivity index (χ0) is 17.6. The van der Waals surface area contributed by atoms with E-state index in [-0.39, 0.29) is 17.5 Å². The maximum Gasteiger partial charge on any atom is 0.268 e. The van der Waals surface area contributed by atoms with Crippen molar-refractivity contribution in [3.8, 4) is 0 Å². The van der Waals surface area contributed by atoms with Crippen LogP contribution in [-0.4, -0.2) is 25.9 Å². The quantitative estimate of drug-likeness (QED) is 0.780. The van der Waals surface area contributed by atoms with Crippen molar-refractivity contribution >= 4 is 22.6 Å². The van der Waals surface area contributed by atoms with Crippen LogP contribution in [0, 0.1) is 5.92 Å². The van der Waals surface area contributed by atoms with Crippen molar-refractivity contribution in [1.82, 2.24) is 19.3 Å². The number of nitrogens with one attached hydrogen (secondary N) is 1. The first-order chi connectivity index (χ1) is 12.1. The summed E-state index contributed by atoms with van der Waals surface area (Å²) in [4.78, 5) is 30.0. The lowest BCUT2D eigenvalue weighted by atomic mass is 9.86. The van der Waals surface area contributed by atoms with Crippen LogP contribution in [0.1, 0.15) is 43.1 Å². The molecule has 0 bridgehead atoms. The van der Waals surface area contributed by atoms with Gasteiger partial charge in [-0.25, -0.2) is 4.98 Å². The van der Waals surface area contributed by atoms with E-state index in [2.05, 4.69) is 17.2 Å². The molecule has 2 atom stereocenters. The number of rotatable bonds is 2. The Bertz CT molecular complexity index is 1020. The van der Waals surface area contributed by atoms with E-state index in [0.717, 1.165) is 19.3 Å². The van der Waals surface area contributed by atoms with Crippen LogP contribution in [0.25, 0.3) is 16.7 Å². The maximum absolute atomic E-state index is 12.8. The molecule has 3 heterocycles. The standard InChI is InChI=1S/C19H22N4O2/c1-12-7-3-4-8-14(12)20-18(24)15-11-13-17(22(15)2)21-16-9-5-6-10-23(16)19(13)25/h5-6,9-12,14H,3-4,7-8H2,1-2H3,(H,20,24)/t12-,14+/m0/s1. The van der Waals surface area contributed by atoms with Crippen LogP contribution in [0.15, 0.2) is 35.3 Å². The van der Waals surface area contributed by atoms with Crippen molar-refractivity contribution < 1.29 is 4.79 Å². The first-order valence-corrected chi connectivity index (χ1v) is 8.84. The van der Waals surface area contributed by atoms with Gasteiger partial charge >= 0.3 is 0 Å². The molecule has 0 aromatic carbocycles. The van der Waals surface area contributed by atoms with Gasteiger partial charge in [0.15, 0.2) is 0 Å². The summed E-state index contributed by atoms with van der Waals surface area (Å²) < 4.78 is 3.22. The van der Waals surface area contributed by atoms with Crippen LogP contribution in [0.4, 0.5) is 0 Å². The summed E-state index contributed by atoms with van der Waals surface area (Å²) in [6.45, 7) is 2.19.